The molecular weight excluding hydrogens is 298 g/mol. The summed E-state index contributed by atoms with van der Waals surface area (Å²) in [5.74, 6) is -1.29. The predicted molar refractivity (Wildman–Crippen MR) is 75.6 cm³/mol. The van der Waals surface area contributed by atoms with Crippen molar-refractivity contribution in [2.45, 2.75) is 31.3 Å². The normalized spacial score (nSPS) is 25.8. The fraction of sp³-hybridized carbons (Fsp3) is 0.833. The SMILES string of the molecule is NC1CCN(C(=O)N(CC(=O)O)C2CCS(=O)(=O)C2)CC1. The molecule has 0 aromatic carbocycles. The number of hydrogen-bond donors (Lipinski definition) is 2. The number of urea groups is 1. The molecule has 0 bridgehead atoms. The van der Waals surface area contributed by atoms with E-state index in [1.165, 1.54) is 4.90 Å². The number of hydrogen-bond acceptors (Lipinski definition) is 5. The summed E-state index contributed by atoms with van der Waals surface area (Å²) in [7, 11) is -3.17. The van der Waals surface area contributed by atoms with Gasteiger partial charge in [-0.1, -0.05) is 0 Å². The first-order valence-electron chi connectivity index (χ1n) is 7.02. The largest absolute Gasteiger partial charge is 0.480 e. The number of sulfone groups is 1. The van der Waals surface area contributed by atoms with E-state index in [2.05, 4.69) is 0 Å². The van der Waals surface area contributed by atoms with E-state index in [-0.39, 0.29) is 17.5 Å². The zero-order valence-corrected chi connectivity index (χ0v) is 12.6. The zero-order chi connectivity index (χ0) is 15.6. The lowest BCUT2D eigenvalue weighted by Gasteiger charge is -2.36. The maximum Gasteiger partial charge on any atom is 0.323 e. The van der Waals surface area contributed by atoms with Gasteiger partial charge in [0.15, 0.2) is 9.84 Å². The second-order valence-corrected chi connectivity index (χ2v) is 7.91. The lowest BCUT2D eigenvalue weighted by atomic mass is 10.1. The molecule has 2 rings (SSSR count). The Morgan fingerprint density at radius 2 is 1.86 bits per heavy atom. The van der Waals surface area contributed by atoms with Crippen LogP contribution in [0.2, 0.25) is 0 Å². The van der Waals surface area contributed by atoms with E-state index in [0.717, 1.165) is 0 Å². The Morgan fingerprint density at radius 3 is 2.33 bits per heavy atom. The van der Waals surface area contributed by atoms with Gasteiger partial charge in [-0.3, -0.25) is 4.79 Å². The lowest BCUT2D eigenvalue weighted by molar-refractivity contribution is -0.138. The fourth-order valence-corrected chi connectivity index (χ4v) is 4.52. The number of nitrogens with two attached hydrogens (primary N) is 1. The van der Waals surface area contributed by atoms with Crippen molar-refractivity contribution in [3.8, 4) is 0 Å². The van der Waals surface area contributed by atoms with Crippen LogP contribution in [-0.2, 0) is 14.6 Å². The molecule has 1 unspecified atom stereocenters. The van der Waals surface area contributed by atoms with E-state index < -0.39 is 34.4 Å². The molecule has 0 spiro atoms. The summed E-state index contributed by atoms with van der Waals surface area (Å²) in [6.45, 7) is 0.493. The minimum absolute atomic E-state index is 0.00589. The van der Waals surface area contributed by atoms with Gasteiger partial charge < -0.3 is 20.6 Å². The molecule has 3 N–H and O–H groups in total. The molecule has 2 fully saturated rings. The van der Waals surface area contributed by atoms with Crippen molar-refractivity contribution in [3.05, 3.63) is 0 Å². The molecule has 21 heavy (non-hydrogen) atoms. The summed E-state index contributed by atoms with van der Waals surface area (Å²) in [5, 5.41) is 8.98. The molecule has 0 aromatic rings. The summed E-state index contributed by atoms with van der Waals surface area (Å²) < 4.78 is 23.1. The number of rotatable bonds is 3. The molecule has 0 saturated carbocycles. The number of likely N-dealkylation sites (tertiary alicyclic amines) is 1. The van der Waals surface area contributed by atoms with E-state index in [4.69, 9.17) is 10.8 Å². The first-order chi connectivity index (χ1) is 9.78. The first kappa shape index (κ1) is 16.0. The highest BCUT2D eigenvalue weighted by Crippen LogP contribution is 2.20. The molecule has 120 valence electrons. The number of nitrogens with zero attached hydrogens (tertiary/aromatic N) is 2. The minimum atomic E-state index is -3.17. The summed E-state index contributed by atoms with van der Waals surface area (Å²) in [6.07, 6.45) is 1.65. The Morgan fingerprint density at radius 1 is 1.24 bits per heavy atom. The molecule has 8 nitrogen and oxygen atoms in total. The first-order valence-corrected chi connectivity index (χ1v) is 8.84. The van der Waals surface area contributed by atoms with Crippen molar-refractivity contribution < 1.29 is 23.1 Å². The van der Waals surface area contributed by atoms with Crippen LogP contribution >= 0.6 is 0 Å². The van der Waals surface area contributed by atoms with Crippen LogP contribution < -0.4 is 5.73 Å². The molecule has 9 heteroatoms. The molecule has 2 amide bonds. The van der Waals surface area contributed by atoms with E-state index >= 15 is 0 Å². The van der Waals surface area contributed by atoms with E-state index in [1.807, 2.05) is 0 Å². The van der Waals surface area contributed by atoms with Gasteiger partial charge in [0.2, 0.25) is 0 Å². The number of amides is 2. The third kappa shape index (κ3) is 4.07. The summed E-state index contributed by atoms with van der Waals surface area (Å²) >= 11 is 0. The topological polar surface area (TPSA) is 121 Å². The molecule has 2 aliphatic heterocycles. The standard InChI is InChI=1S/C12H21N3O5S/c13-9-1-4-14(5-2-9)12(18)15(7-11(16)17)10-3-6-21(19,20)8-10/h9-10H,1-8,13H2,(H,16,17). The highest BCUT2D eigenvalue weighted by Gasteiger charge is 2.37. The maximum absolute atomic E-state index is 12.5. The average molecular weight is 319 g/mol. The molecule has 2 saturated heterocycles. The maximum atomic E-state index is 12.5. The van der Waals surface area contributed by atoms with Crippen LogP contribution in [0.25, 0.3) is 0 Å². The molecular formula is C12H21N3O5S. The van der Waals surface area contributed by atoms with Gasteiger partial charge in [0.25, 0.3) is 0 Å². The van der Waals surface area contributed by atoms with Gasteiger partial charge in [-0.25, -0.2) is 13.2 Å². The highest BCUT2D eigenvalue weighted by atomic mass is 32.2. The molecule has 0 aromatic heterocycles. The van der Waals surface area contributed by atoms with Crippen molar-refractivity contribution in [3.63, 3.8) is 0 Å². The van der Waals surface area contributed by atoms with Gasteiger partial charge in [0, 0.05) is 25.2 Å². The number of carboxylic acid groups (broad SMARTS) is 1. The summed E-state index contributed by atoms with van der Waals surface area (Å²) in [6, 6.07) is -0.880. The zero-order valence-electron chi connectivity index (χ0n) is 11.8. The molecule has 2 heterocycles. The van der Waals surface area contributed by atoms with Crippen LogP contribution in [-0.4, -0.2) is 78.5 Å². The van der Waals surface area contributed by atoms with Gasteiger partial charge in [-0.05, 0) is 19.3 Å². The number of piperidine rings is 1. The molecule has 0 aliphatic carbocycles. The number of carbonyl (C=O) groups excluding carboxylic acids is 1. The Hall–Kier alpha value is -1.35. The molecule has 2 aliphatic rings. The average Bonchev–Trinajstić information content (AvgIpc) is 2.76. The van der Waals surface area contributed by atoms with E-state index in [0.29, 0.717) is 32.4 Å². The van der Waals surface area contributed by atoms with Crippen molar-refractivity contribution in [1.29, 1.82) is 0 Å². The van der Waals surface area contributed by atoms with Gasteiger partial charge in [-0.15, -0.1) is 0 Å². The van der Waals surface area contributed by atoms with Crippen molar-refractivity contribution in [2.75, 3.05) is 31.1 Å². The Labute approximate surface area is 123 Å². The summed E-state index contributed by atoms with van der Waals surface area (Å²) in [4.78, 5) is 26.2. The Kier molecular flexibility index (Phi) is 4.72. The minimum Gasteiger partial charge on any atom is -0.480 e. The predicted octanol–water partition coefficient (Wildman–Crippen LogP) is -0.897. The van der Waals surface area contributed by atoms with Gasteiger partial charge in [0.05, 0.1) is 11.5 Å². The molecule has 1 atom stereocenters. The van der Waals surface area contributed by atoms with Gasteiger partial charge in [-0.2, -0.15) is 0 Å². The highest BCUT2D eigenvalue weighted by molar-refractivity contribution is 7.91. The number of carboxylic acids is 1. The van der Waals surface area contributed by atoms with Gasteiger partial charge in [0.1, 0.15) is 6.54 Å². The Balaban J connectivity index is 2.08. The number of carbonyl (C=O) groups is 2. The van der Waals surface area contributed by atoms with Crippen LogP contribution in [0.3, 0.4) is 0 Å². The van der Waals surface area contributed by atoms with E-state index in [1.54, 1.807) is 4.90 Å². The van der Waals surface area contributed by atoms with Crippen LogP contribution in [0.1, 0.15) is 19.3 Å². The van der Waals surface area contributed by atoms with E-state index in [9.17, 15) is 18.0 Å². The monoisotopic (exact) mass is 319 g/mol. The number of aliphatic carboxylic acids is 1. The van der Waals surface area contributed by atoms with Crippen LogP contribution in [0.15, 0.2) is 0 Å². The van der Waals surface area contributed by atoms with Crippen LogP contribution in [0.5, 0.6) is 0 Å². The van der Waals surface area contributed by atoms with Crippen LogP contribution in [0, 0.1) is 0 Å². The lowest BCUT2D eigenvalue weighted by Crippen LogP contribution is -2.53. The third-order valence-electron chi connectivity index (χ3n) is 4.01. The van der Waals surface area contributed by atoms with Crippen molar-refractivity contribution >= 4 is 21.8 Å². The van der Waals surface area contributed by atoms with Crippen LogP contribution in [0.4, 0.5) is 4.79 Å². The second kappa shape index (κ2) is 6.18. The second-order valence-electron chi connectivity index (χ2n) is 5.69. The van der Waals surface area contributed by atoms with Crippen molar-refractivity contribution in [1.82, 2.24) is 9.80 Å². The van der Waals surface area contributed by atoms with Gasteiger partial charge >= 0.3 is 12.0 Å². The quantitative estimate of drug-likeness (QED) is 0.695. The van der Waals surface area contributed by atoms with Crippen molar-refractivity contribution in [2.24, 2.45) is 5.73 Å². The fourth-order valence-electron chi connectivity index (χ4n) is 2.79. The molecule has 0 radical (unpaired) electrons. The summed E-state index contributed by atoms with van der Waals surface area (Å²) in [5.41, 5.74) is 5.79. The smallest absolute Gasteiger partial charge is 0.323 e. The Bertz CT molecular complexity index is 513. The third-order valence-corrected chi connectivity index (χ3v) is 5.76.